The Morgan fingerprint density at radius 1 is 1.10 bits per heavy atom. The van der Waals surface area contributed by atoms with Gasteiger partial charge in [-0.3, -0.25) is 4.79 Å². The zero-order chi connectivity index (χ0) is 14.6. The number of anilines is 1. The summed E-state index contributed by atoms with van der Waals surface area (Å²) >= 11 is 9.63. The Morgan fingerprint density at radius 3 is 2.33 bits per heavy atom. The summed E-state index contributed by atoms with van der Waals surface area (Å²) in [5, 5.41) is 3.68. The maximum Gasteiger partial charge on any atom is 0.228 e. The number of hydrogen-bond donors (Lipinski definition) is 1. The molecule has 0 saturated heterocycles. The smallest absolute Gasteiger partial charge is 0.228 e. The average Bonchev–Trinajstić information content (AvgIpc) is 2.41. The van der Waals surface area contributed by atoms with Gasteiger partial charge in [-0.05, 0) is 74.0 Å². The molecular formula is C17H19BrClNO. The molecule has 2 nitrogen and oxygen atoms in total. The molecule has 1 N–H and O–H groups in total. The second-order valence-electron chi connectivity index (χ2n) is 7.07. The highest BCUT2D eigenvalue weighted by Crippen LogP contribution is 2.56. The molecule has 0 spiro atoms. The van der Waals surface area contributed by atoms with Crippen molar-refractivity contribution in [2.45, 2.75) is 32.1 Å². The first-order valence-electron chi connectivity index (χ1n) is 7.86. The van der Waals surface area contributed by atoms with Crippen molar-refractivity contribution < 1.29 is 4.79 Å². The summed E-state index contributed by atoms with van der Waals surface area (Å²) in [5.41, 5.74) is 0.727. The van der Waals surface area contributed by atoms with Crippen molar-refractivity contribution in [1.82, 2.24) is 0 Å². The maximum atomic E-state index is 12.8. The minimum Gasteiger partial charge on any atom is -0.324 e. The van der Waals surface area contributed by atoms with Crippen LogP contribution in [0.25, 0.3) is 0 Å². The molecule has 1 aromatic rings. The van der Waals surface area contributed by atoms with Crippen LogP contribution in [0.15, 0.2) is 22.7 Å². The Kier molecular flexibility index (Phi) is 3.54. The van der Waals surface area contributed by atoms with E-state index < -0.39 is 0 Å². The number of hydrogen-bond acceptors (Lipinski definition) is 1. The van der Waals surface area contributed by atoms with E-state index in [4.69, 9.17) is 11.6 Å². The van der Waals surface area contributed by atoms with Crippen LogP contribution in [0, 0.1) is 29.6 Å². The van der Waals surface area contributed by atoms with Crippen molar-refractivity contribution in [3.8, 4) is 0 Å². The van der Waals surface area contributed by atoms with Crippen LogP contribution in [0.2, 0.25) is 5.02 Å². The molecule has 0 atom stereocenters. The summed E-state index contributed by atoms with van der Waals surface area (Å²) in [7, 11) is 0. The number of benzene rings is 1. The summed E-state index contributed by atoms with van der Waals surface area (Å²) in [4.78, 5) is 12.8. The number of nitrogens with one attached hydrogen (secondary N) is 1. The van der Waals surface area contributed by atoms with E-state index in [9.17, 15) is 4.79 Å². The first kappa shape index (κ1) is 14.1. The van der Waals surface area contributed by atoms with Crippen LogP contribution in [0.1, 0.15) is 32.1 Å². The van der Waals surface area contributed by atoms with E-state index in [1.807, 2.05) is 18.2 Å². The normalized spacial score (nSPS) is 36.8. The largest absolute Gasteiger partial charge is 0.324 e. The Morgan fingerprint density at radius 2 is 1.71 bits per heavy atom. The lowest BCUT2D eigenvalue weighted by atomic mass is 9.51. The molecule has 0 unspecified atom stereocenters. The summed E-state index contributed by atoms with van der Waals surface area (Å²) in [6.45, 7) is 0. The van der Waals surface area contributed by atoms with Crippen molar-refractivity contribution in [3.63, 3.8) is 0 Å². The molecule has 4 heteroatoms. The zero-order valence-corrected chi connectivity index (χ0v) is 14.2. The van der Waals surface area contributed by atoms with Crippen molar-refractivity contribution in [1.29, 1.82) is 0 Å². The van der Waals surface area contributed by atoms with Gasteiger partial charge in [0.25, 0.3) is 0 Å². The van der Waals surface area contributed by atoms with Gasteiger partial charge < -0.3 is 5.32 Å². The number of rotatable bonds is 2. The molecule has 4 saturated carbocycles. The minimum absolute atomic E-state index is 0.184. The van der Waals surface area contributed by atoms with E-state index >= 15 is 0 Å². The number of carbonyl (C=O) groups excluding carboxylic acids is 1. The van der Waals surface area contributed by atoms with Crippen molar-refractivity contribution in [2.75, 3.05) is 5.32 Å². The number of amides is 1. The number of halogens is 2. The van der Waals surface area contributed by atoms with Gasteiger partial charge >= 0.3 is 0 Å². The number of carbonyl (C=O) groups is 1. The summed E-state index contributed by atoms with van der Waals surface area (Å²) < 4.78 is 0.937. The van der Waals surface area contributed by atoms with Gasteiger partial charge in [-0.1, -0.05) is 27.5 Å². The molecule has 1 amide bonds. The van der Waals surface area contributed by atoms with Gasteiger partial charge in [0, 0.05) is 10.4 Å². The van der Waals surface area contributed by atoms with E-state index in [1.54, 1.807) is 0 Å². The van der Waals surface area contributed by atoms with Crippen molar-refractivity contribution in [3.05, 3.63) is 27.7 Å². The highest BCUT2D eigenvalue weighted by atomic mass is 79.9. The third-order valence-corrected chi connectivity index (χ3v) is 6.54. The van der Waals surface area contributed by atoms with Crippen LogP contribution >= 0.6 is 27.5 Å². The fraction of sp³-hybridized carbons (Fsp3) is 0.588. The van der Waals surface area contributed by atoms with E-state index in [-0.39, 0.29) is 11.8 Å². The van der Waals surface area contributed by atoms with Crippen molar-refractivity contribution in [2.24, 2.45) is 29.6 Å². The van der Waals surface area contributed by atoms with Crippen LogP contribution in [-0.2, 0) is 4.79 Å². The van der Waals surface area contributed by atoms with E-state index in [0.717, 1.165) is 22.0 Å². The van der Waals surface area contributed by atoms with E-state index in [2.05, 4.69) is 21.2 Å². The van der Waals surface area contributed by atoms with Gasteiger partial charge in [0.1, 0.15) is 0 Å². The lowest BCUT2D eigenvalue weighted by Crippen LogP contribution is -2.49. The zero-order valence-electron chi connectivity index (χ0n) is 11.8. The van der Waals surface area contributed by atoms with Gasteiger partial charge in [0.15, 0.2) is 0 Å². The van der Waals surface area contributed by atoms with Crippen LogP contribution in [0.5, 0.6) is 0 Å². The molecule has 0 radical (unpaired) electrons. The Balaban J connectivity index is 1.54. The molecule has 4 aliphatic rings. The van der Waals surface area contributed by atoms with Gasteiger partial charge in [-0.15, -0.1) is 0 Å². The van der Waals surface area contributed by atoms with Crippen LogP contribution in [0.4, 0.5) is 5.69 Å². The first-order chi connectivity index (χ1) is 10.1. The SMILES string of the molecule is O=C(Nc1cc(Br)ccc1Cl)C1C2CC3CC(C2)CC1C3. The van der Waals surface area contributed by atoms with Crippen molar-refractivity contribution >= 4 is 39.1 Å². The van der Waals surface area contributed by atoms with Gasteiger partial charge in [-0.25, -0.2) is 0 Å². The lowest BCUT2D eigenvalue weighted by Gasteiger charge is -2.53. The summed E-state index contributed by atoms with van der Waals surface area (Å²) in [5.74, 6) is 3.38. The predicted molar refractivity (Wildman–Crippen MR) is 88.3 cm³/mol. The second kappa shape index (κ2) is 5.27. The summed E-state index contributed by atoms with van der Waals surface area (Å²) in [6.07, 6.45) is 6.46. The molecule has 0 aromatic heterocycles. The molecule has 0 heterocycles. The molecule has 4 aliphatic carbocycles. The van der Waals surface area contributed by atoms with Gasteiger partial charge in [0.05, 0.1) is 10.7 Å². The molecule has 21 heavy (non-hydrogen) atoms. The molecule has 4 bridgehead atoms. The lowest BCUT2D eigenvalue weighted by molar-refractivity contribution is -0.132. The molecule has 0 aliphatic heterocycles. The monoisotopic (exact) mass is 367 g/mol. The molecule has 4 fully saturated rings. The van der Waals surface area contributed by atoms with Gasteiger partial charge in [-0.2, -0.15) is 0 Å². The Labute approximate surface area is 138 Å². The van der Waals surface area contributed by atoms with Crippen LogP contribution in [-0.4, -0.2) is 5.91 Å². The molecular weight excluding hydrogens is 350 g/mol. The predicted octanol–water partition coefficient (Wildman–Crippen LogP) is 5.11. The third kappa shape index (κ3) is 2.53. The Hall–Kier alpha value is -0.540. The topological polar surface area (TPSA) is 29.1 Å². The second-order valence-corrected chi connectivity index (χ2v) is 8.39. The highest BCUT2D eigenvalue weighted by molar-refractivity contribution is 9.10. The maximum absolute atomic E-state index is 12.8. The highest BCUT2D eigenvalue weighted by Gasteiger charge is 2.50. The first-order valence-corrected chi connectivity index (χ1v) is 9.03. The quantitative estimate of drug-likeness (QED) is 0.772. The average molecular weight is 369 g/mol. The minimum atomic E-state index is 0.184. The van der Waals surface area contributed by atoms with E-state index in [0.29, 0.717) is 16.9 Å². The fourth-order valence-electron chi connectivity index (χ4n) is 5.16. The van der Waals surface area contributed by atoms with Crippen LogP contribution < -0.4 is 5.32 Å². The molecule has 5 rings (SSSR count). The summed E-state index contributed by atoms with van der Waals surface area (Å²) in [6, 6.07) is 5.59. The van der Waals surface area contributed by atoms with E-state index in [1.165, 1.54) is 32.1 Å². The Bertz CT molecular complexity index is 560. The fourth-order valence-corrected chi connectivity index (χ4v) is 5.69. The standard InChI is InChI=1S/C17H19BrClNO/c18-13-1-2-14(19)15(8-13)20-17(21)16-11-4-9-3-10(6-11)7-12(16)5-9/h1-2,8-12,16H,3-7H2,(H,20,21). The van der Waals surface area contributed by atoms with Gasteiger partial charge in [0.2, 0.25) is 5.91 Å². The van der Waals surface area contributed by atoms with Crippen LogP contribution in [0.3, 0.4) is 0 Å². The molecule has 1 aromatic carbocycles. The molecule has 112 valence electrons. The third-order valence-electron chi connectivity index (χ3n) is 5.72.